The van der Waals surface area contributed by atoms with Crippen LogP contribution in [0.4, 0.5) is 0 Å². The second-order valence-electron chi connectivity index (χ2n) is 12.7. The van der Waals surface area contributed by atoms with Gasteiger partial charge in [0.2, 0.25) is 5.91 Å². The summed E-state index contributed by atoms with van der Waals surface area (Å²) in [5.74, 6) is -10.4. The molecule has 1 aliphatic heterocycles. The number of Topliss-reactive ketones (excluding diaryl/α,β-unsaturated/α-hetero) is 4. The van der Waals surface area contributed by atoms with E-state index in [1.54, 1.807) is 14.1 Å². The highest BCUT2D eigenvalue weighted by molar-refractivity contribution is 6.32. The third-order valence-corrected chi connectivity index (χ3v) is 9.94. The lowest BCUT2D eigenvalue weighted by Crippen LogP contribution is -2.74. The molecule has 2 saturated carbocycles. The van der Waals surface area contributed by atoms with Gasteiger partial charge in [0.1, 0.15) is 18.1 Å². The second kappa shape index (κ2) is 11.0. The first kappa shape index (κ1) is 30.3. The topological polar surface area (TPSA) is 177 Å². The largest absolute Gasteiger partial charge is 0.507 e. The predicted molar refractivity (Wildman–Crippen MR) is 156 cm³/mol. The van der Waals surface area contributed by atoms with Crippen LogP contribution in [0, 0.1) is 23.7 Å². The molecule has 1 heterocycles. The first-order valence-electron chi connectivity index (χ1n) is 14.9. The van der Waals surface area contributed by atoms with Gasteiger partial charge in [-0.25, -0.2) is 0 Å². The first-order valence-corrected chi connectivity index (χ1v) is 14.9. The number of aromatic hydroxyl groups is 1. The van der Waals surface area contributed by atoms with Gasteiger partial charge in [-0.3, -0.25) is 33.8 Å². The Morgan fingerprint density at radius 1 is 1.11 bits per heavy atom. The number of likely N-dealkylation sites (N-methyl/N-ethyl adjacent to an activating group) is 1. The fourth-order valence-electron chi connectivity index (χ4n) is 7.77. The molecule has 6 unspecified atom stereocenters. The predicted octanol–water partition coefficient (Wildman–Crippen LogP) is 0.251. The first-order chi connectivity index (χ1) is 20.9. The number of primary amides is 1. The molecule has 0 bridgehead atoms. The molecule has 0 radical (unpaired) electrons. The molecule has 12 nitrogen and oxygen atoms in total. The molecule has 44 heavy (non-hydrogen) atoms. The van der Waals surface area contributed by atoms with E-state index in [9.17, 15) is 34.2 Å². The van der Waals surface area contributed by atoms with Crippen molar-refractivity contribution in [2.75, 3.05) is 47.5 Å². The van der Waals surface area contributed by atoms with Gasteiger partial charge < -0.3 is 25.4 Å². The number of phenolic OH excluding ortho intramolecular Hbond substituents is 1. The van der Waals surface area contributed by atoms with Gasteiger partial charge in [-0.05, 0) is 64.0 Å². The Hall–Kier alpha value is -3.71. The Balaban J connectivity index is 1.49. The van der Waals surface area contributed by atoms with E-state index in [1.165, 1.54) is 12.0 Å². The summed E-state index contributed by atoms with van der Waals surface area (Å²) in [7, 11) is 4.64. The molecular formula is C32H37N3O9. The van der Waals surface area contributed by atoms with Gasteiger partial charge in [-0.2, -0.15) is 0 Å². The Labute approximate surface area is 254 Å². The number of ketones is 4. The summed E-state index contributed by atoms with van der Waals surface area (Å²) < 4.78 is 11.4. The molecule has 1 saturated heterocycles. The average Bonchev–Trinajstić information content (AvgIpc) is 2.94. The third kappa shape index (κ3) is 4.38. The number of rotatable bonds is 8. The van der Waals surface area contributed by atoms with E-state index in [1.807, 2.05) is 18.2 Å². The van der Waals surface area contributed by atoms with Crippen molar-refractivity contribution in [1.29, 1.82) is 0 Å². The van der Waals surface area contributed by atoms with Gasteiger partial charge in [0.05, 0.1) is 24.1 Å². The molecule has 0 spiro atoms. The van der Waals surface area contributed by atoms with Crippen LogP contribution in [0.1, 0.15) is 34.3 Å². The van der Waals surface area contributed by atoms with Gasteiger partial charge in [0.25, 0.3) is 0 Å². The summed E-state index contributed by atoms with van der Waals surface area (Å²) >= 11 is 0. The molecule has 1 amide bonds. The number of ether oxygens (including phenoxy) is 2. The molecule has 2 aromatic carbocycles. The van der Waals surface area contributed by atoms with Crippen molar-refractivity contribution in [3.8, 4) is 11.5 Å². The van der Waals surface area contributed by atoms with Gasteiger partial charge in [-0.1, -0.05) is 12.1 Å². The molecule has 4 N–H and O–H groups in total. The summed E-state index contributed by atoms with van der Waals surface area (Å²) in [6, 6.07) is 4.47. The number of fused-ring (bicyclic) bond motifs is 4. The number of carbonyl (C=O) groups excluding carboxylic acids is 5. The zero-order valence-electron chi connectivity index (χ0n) is 25.0. The standard InChI is InChI=1S/C32H37N3O9/c1-34(2)24-20-13-16-12-19-22(26(37)21(16)29(39)32(20,42)30(40)23(27(24)38)31(33)41)25(36)18-11-15(14-35-7-4-8-35)5-6-17(18)28(19)44-10-9-43-3/h5-6,11,16,20-21,23-24,36,42H,4,7-10,12-14H2,1-3H3,(H2,33,41). The Morgan fingerprint density at radius 3 is 2.45 bits per heavy atom. The van der Waals surface area contributed by atoms with Gasteiger partial charge in [0, 0.05) is 35.9 Å². The molecule has 6 atom stereocenters. The van der Waals surface area contributed by atoms with Crippen LogP contribution in [0.3, 0.4) is 0 Å². The van der Waals surface area contributed by atoms with E-state index in [-0.39, 0.29) is 37.4 Å². The number of hydrogen-bond donors (Lipinski definition) is 3. The van der Waals surface area contributed by atoms with E-state index in [2.05, 4.69) is 4.90 Å². The number of nitrogens with zero attached hydrogens (tertiary/aromatic N) is 2. The lowest BCUT2D eigenvalue weighted by Gasteiger charge is -2.52. The van der Waals surface area contributed by atoms with Crippen molar-refractivity contribution in [2.45, 2.75) is 37.5 Å². The van der Waals surface area contributed by atoms with Gasteiger partial charge in [-0.15, -0.1) is 0 Å². The molecule has 234 valence electrons. The van der Waals surface area contributed by atoms with E-state index < -0.39 is 64.4 Å². The van der Waals surface area contributed by atoms with Crippen LogP contribution in [-0.2, 0) is 36.9 Å². The van der Waals surface area contributed by atoms with E-state index in [0.29, 0.717) is 28.6 Å². The van der Waals surface area contributed by atoms with Gasteiger partial charge in [0.15, 0.2) is 34.7 Å². The molecule has 3 aliphatic carbocycles. The lowest BCUT2D eigenvalue weighted by molar-refractivity contribution is -0.181. The van der Waals surface area contributed by atoms with Crippen LogP contribution in [0.25, 0.3) is 10.8 Å². The minimum Gasteiger partial charge on any atom is -0.507 e. The van der Waals surface area contributed by atoms with Crippen LogP contribution >= 0.6 is 0 Å². The molecule has 0 aromatic heterocycles. The van der Waals surface area contributed by atoms with E-state index in [4.69, 9.17) is 15.2 Å². The maximum Gasteiger partial charge on any atom is 0.235 e. The highest BCUT2D eigenvalue weighted by atomic mass is 16.5. The number of hydrogen-bond acceptors (Lipinski definition) is 11. The Kier molecular flexibility index (Phi) is 7.60. The lowest BCUT2D eigenvalue weighted by atomic mass is 9.52. The molecule has 3 fully saturated rings. The van der Waals surface area contributed by atoms with Crippen LogP contribution in [0.2, 0.25) is 0 Å². The number of likely N-dealkylation sites (tertiary alicyclic amines) is 1. The van der Waals surface area contributed by atoms with Crippen molar-refractivity contribution in [1.82, 2.24) is 9.80 Å². The van der Waals surface area contributed by atoms with Crippen LogP contribution in [0.5, 0.6) is 11.5 Å². The normalized spacial score (nSPS) is 30.2. The highest BCUT2D eigenvalue weighted by Crippen LogP contribution is 2.53. The zero-order chi connectivity index (χ0) is 31.7. The van der Waals surface area contributed by atoms with E-state index in [0.717, 1.165) is 25.1 Å². The number of aliphatic hydroxyl groups is 1. The van der Waals surface area contributed by atoms with E-state index >= 15 is 0 Å². The van der Waals surface area contributed by atoms with Crippen LogP contribution in [-0.4, -0.2) is 108 Å². The van der Waals surface area contributed by atoms with Crippen molar-refractivity contribution >= 4 is 39.8 Å². The molecule has 4 aliphatic rings. The zero-order valence-corrected chi connectivity index (χ0v) is 25.0. The Bertz CT molecular complexity index is 1600. The summed E-state index contributed by atoms with van der Waals surface area (Å²) in [5, 5.41) is 24.4. The average molecular weight is 608 g/mol. The fourth-order valence-corrected chi connectivity index (χ4v) is 7.77. The summed E-state index contributed by atoms with van der Waals surface area (Å²) in [4.78, 5) is 71.3. The third-order valence-electron chi connectivity index (χ3n) is 9.94. The monoisotopic (exact) mass is 607 g/mol. The number of benzene rings is 2. The number of amides is 1. The number of methoxy groups -OCH3 is 1. The highest BCUT2D eigenvalue weighted by Gasteiger charge is 2.69. The quantitative estimate of drug-likeness (QED) is 0.277. The van der Waals surface area contributed by atoms with Crippen LogP contribution in [0.15, 0.2) is 18.2 Å². The maximum atomic E-state index is 14.3. The van der Waals surface area contributed by atoms with Crippen LogP contribution < -0.4 is 10.5 Å². The SMILES string of the molecule is COCCOc1c2c(c(O)c3cc(CN4CCC4)ccc13)C(=O)C1C(=O)C3(O)C(=O)C(C(N)=O)C(=O)C(N(C)C)C3CC1C2. The molecule has 6 rings (SSSR count). The summed E-state index contributed by atoms with van der Waals surface area (Å²) in [6.45, 7) is 3.06. The summed E-state index contributed by atoms with van der Waals surface area (Å²) in [5.41, 5.74) is 3.91. The van der Waals surface area contributed by atoms with Gasteiger partial charge >= 0.3 is 0 Å². The number of nitrogens with two attached hydrogens (primary N) is 1. The second-order valence-corrected chi connectivity index (χ2v) is 12.7. The maximum absolute atomic E-state index is 14.3. The minimum absolute atomic E-state index is 0.0328. The van der Waals surface area contributed by atoms with Crippen molar-refractivity contribution in [3.63, 3.8) is 0 Å². The Morgan fingerprint density at radius 2 is 1.84 bits per heavy atom. The summed E-state index contributed by atoms with van der Waals surface area (Å²) in [6.07, 6.45) is 1.20. The minimum atomic E-state index is -2.77. The number of phenols is 1. The molecular weight excluding hydrogens is 570 g/mol. The molecule has 2 aromatic rings. The number of carbonyl (C=O) groups is 5. The fraction of sp³-hybridized carbons (Fsp3) is 0.531. The molecule has 12 heteroatoms. The van der Waals surface area contributed by atoms with Crippen molar-refractivity contribution in [2.24, 2.45) is 29.4 Å². The smallest absolute Gasteiger partial charge is 0.235 e. The van der Waals surface area contributed by atoms with Crippen molar-refractivity contribution in [3.05, 3.63) is 34.9 Å². The van der Waals surface area contributed by atoms with Crippen molar-refractivity contribution < 1.29 is 43.7 Å².